The molecule has 0 aliphatic heterocycles. The summed E-state index contributed by atoms with van der Waals surface area (Å²) >= 11 is 0. The fraction of sp³-hybridized carbons (Fsp3) is 0.238. The summed E-state index contributed by atoms with van der Waals surface area (Å²) < 4.78 is 15.7. The quantitative estimate of drug-likeness (QED) is 0.692. The van der Waals surface area contributed by atoms with Gasteiger partial charge in [0.1, 0.15) is 5.82 Å². The van der Waals surface area contributed by atoms with Crippen LogP contribution in [0, 0.1) is 12.7 Å². The van der Waals surface area contributed by atoms with E-state index in [-0.39, 0.29) is 18.3 Å². The molecule has 4 nitrogen and oxygen atoms in total. The predicted octanol–water partition coefficient (Wildman–Crippen LogP) is 4.15. The van der Waals surface area contributed by atoms with Crippen LogP contribution in [0.25, 0.3) is 5.69 Å². The molecular formula is C21H22FN3O. The largest absolute Gasteiger partial charge is 0.337 e. The maximum atomic E-state index is 13.9. The van der Waals surface area contributed by atoms with Gasteiger partial charge in [-0.05, 0) is 31.5 Å². The van der Waals surface area contributed by atoms with E-state index in [0.29, 0.717) is 17.5 Å². The maximum absolute atomic E-state index is 13.9. The number of hydrogen-bond acceptors (Lipinski definition) is 2. The lowest BCUT2D eigenvalue weighted by molar-refractivity contribution is 0.0782. The molecule has 0 saturated carbocycles. The first kappa shape index (κ1) is 17.9. The fourth-order valence-corrected chi connectivity index (χ4v) is 2.96. The third-order valence-electron chi connectivity index (χ3n) is 4.42. The Morgan fingerprint density at radius 2 is 1.85 bits per heavy atom. The van der Waals surface area contributed by atoms with Crippen LogP contribution in [-0.2, 0) is 13.0 Å². The molecule has 26 heavy (non-hydrogen) atoms. The topological polar surface area (TPSA) is 38.1 Å². The van der Waals surface area contributed by atoms with Crippen molar-refractivity contribution in [2.24, 2.45) is 0 Å². The van der Waals surface area contributed by atoms with Gasteiger partial charge in [-0.25, -0.2) is 9.07 Å². The van der Waals surface area contributed by atoms with Crippen LogP contribution in [0.3, 0.4) is 0 Å². The van der Waals surface area contributed by atoms with Gasteiger partial charge >= 0.3 is 0 Å². The number of carbonyl (C=O) groups is 1. The molecule has 0 aliphatic carbocycles. The first-order chi connectivity index (χ1) is 12.5. The summed E-state index contributed by atoms with van der Waals surface area (Å²) in [6, 6.07) is 14.5. The molecule has 1 heterocycles. The molecule has 3 aromatic rings. The average Bonchev–Trinajstić information content (AvgIpc) is 3.07. The van der Waals surface area contributed by atoms with Crippen LogP contribution >= 0.6 is 0 Å². The highest BCUT2D eigenvalue weighted by Gasteiger charge is 2.21. The maximum Gasteiger partial charge on any atom is 0.257 e. The Bertz CT molecular complexity index is 915. The molecule has 0 bridgehead atoms. The van der Waals surface area contributed by atoms with E-state index in [1.807, 2.05) is 38.1 Å². The molecule has 0 spiro atoms. The van der Waals surface area contributed by atoms with Crippen molar-refractivity contribution in [3.63, 3.8) is 0 Å². The average molecular weight is 351 g/mol. The number of benzene rings is 2. The van der Waals surface area contributed by atoms with Gasteiger partial charge in [-0.3, -0.25) is 4.79 Å². The van der Waals surface area contributed by atoms with Gasteiger partial charge in [-0.1, -0.05) is 42.8 Å². The Morgan fingerprint density at radius 1 is 1.15 bits per heavy atom. The van der Waals surface area contributed by atoms with Crippen molar-refractivity contribution in [2.75, 3.05) is 7.05 Å². The molecule has 5 heteroatoms. The zero-order valence-electron chi connectivity index (χ0n) is 15.2. The second-order valence-electron chi connectivity index (χ2n) is 6.36. The van der Waals surface area contributed by atoms with Gasteiger partial charge in [0, 0.05) is 19.2 Å². The van der Waals surface area contributed by atoms with Crippen LogP contribution in [0.2, 0.25) is 0 Å². The first-order valence-electron chi connectivity index (χ1n) is 8.64. The summed E-state index contributed by atoms with van der Waals surface area (Å²) in [5, 5.41) is 4.41. The van der Waals surface area contributed by atoms with Crippen molar-refractivity contribution >= 4 is 5.91 Å². The van der Waals surface area contributed by atoms with E-state index in [2.05, 4.69) is 5.10 Å². The Hall–Kier alpha value is -2.95. The highest BCUT2D eigenvalue weighted by molar-refractivity contribution is 5.95. The Kier molecular flexibility index (Phi) is 5.16. The molecule has 0 saturated heterocycles. The third kappa shape index (κ3) is 3.52. The molecule has 0 radical (unpaired) electrons. The second kappa shape index (κ2) is 7.52. The van der Waals surface area contributed by atoms with Gasteiger partial charge in [-0.15, -0.1) is 0 Å². The van der Waals surface area contributed by atoms with Gasteiger partial charge in [0.2, 0.25) is 0 Å². The van der Waals surface area contributed by atoms with Gasteiger partial charge < -0.3 is 4.90 Å². The van der Waals surface area contributed by atoms with Crippen molar-refractivity contribution in [1.29, 1.82) is 0 Å². The summed E-state index contributed by atoms with van der Waals surface area (Å²) in [5.74, 6) is -0.471. The number of aryl methyl sites for hydroxylation is 1. The van der Waals surface area contributed by atoms with E-state index in [9.17, 15) is 9.18 Å². The molecule has 1 amide bonds. The summed E-state index contributed by atoms with van der Waals surface area (Å²) in [6.07, 6.45) is 2.27. The van der Waals surface area contributed by atoms with Crippen molar-refractivity contribution < 1.29 is 9.18 Å². The molecule has 0 fully saturated rings. The standard InChI is InChI=1S/C21H22FN3O/c1-4-20-18(13-23-25(20)17-11-9-15(2)10-12-17)21(26)24(3)14-16-7-5-6-8-19(16)22/h5-13H,4,14H2,1-3H3. The van der Waals surface area contributed by atoms with Crippen molar-refractivity contribution in [3.05, 3.63) is 82.9 Å². The van der Waals surface area contributed by atoms with E-state index in [4.69, 9.17) is 0 Å². The fourth-order valence-electron chi connectivity index (χ4n) is 2.96. The Labute approximate surface area is 152 Å². The molecule has 0 aliphatic rings. The molecule has 134 valence electrons. The van der Waals surface area contributed by atoms with Crippen LogP contribution in [0.5, 0.6) is 0 Å². The molecule has 1 aromatic heterocycles. The van der Waals surface area contributed by atoms with E-state index < -0.39 is 0 Å². The number of amides is 1. The molecule has 3 rings (SSSR count). The molecular weight excluding hydrogens is 329 g/mol. The summed E-state index contributed by atoms with van der Waals surface area (Å²) in [4.78, 5) is 14.4. The highest BCUT2D eigenvalue weighted by atomic mass is 19.1. The lowest BCUT2D eigenvalue weighted by atomic mass is 10.1. The Morgan fingerprint density at radius 3 is 2.50 bits per heavy atom. The van der Waals surface area contributed by atoms with Gasteiger partial charge in [0.05, 0.1) is 23.1 Å². The van der Waals surface area contributed by atoms with E-state index >= 15 is 0 Å². The normalized spacial score (nSPS) is 10.8. The minimum Gasteiger partial charge on any atom is -0.337 e. The van der Waals surface area contributed by atoms with Crippen LogP contribution < -0.4 is 0 Å². The van der Waals surface area contributed by atoms with Crippen LogP contribution in [0.15, 0.2) is 54.7 Å². The number of halogens is 1. The van der Waals surface area contributed by atoms with Gasteiger partial charge in [0.25, 0.3) is 5.91 Å². The van der Waals surface area contributed by atoms with Crippen LogP contribution in [0.1, 0.15) is 34.1 Å². The zero-order valence-corrected chi connectivity index (χ0v) is 15.2. The third-order valence-corrected chi connectivity index (χ3v) is 4.42. The van der Waals surface area contributed by atoms with E-state index in [1.165, 1.54) is 16.5 Å². The molecule has 0 unspecified atom stereocenters. The SMILES string of the molecule is CCc1c(C(=O)N(C)Cc2ccccc2F)cnn1-c1ccc(C)cc1. The summed E-state index contributed by atoms with van der Waals surface area (Å²) in [7, 11) is 1.68. The molecule has 0 atom stereocenters. The monoisotopic (exact) mass is 351 g/mol. The van der Waals surface area contributed by atoms with E-state index in [0.717, 1.165) is 11.4 Å². The van der Waals surface area contributed by atoms with Crippen molar-refractivity contribution in [1.82, 2.24) is 14.7 Å². The number of hydrogen-bond donors (Lipinski definition) is 0. The van der Waals surface area contributed by atoms with Crippen LogP contribution in [-0.4, -0.2) is 27.6 Å². The lowest BCUT2D eigenvalue weighted by Gasteiger charge is -2.18. The zero-order chi connectivity index (χ0) is 18.7. The second-order valence-corrected chi connectivity index (χ2v) is 6.36. The first-order valence-corrected chi connectivity index (χ1v) is 8.64. The summed E-state index contributed by atoms with van der Waals surface area (Å²) in [5.41, 5.74) is 3.97. The minimum atomic E-state index is -0.307. The number of nitrogens with zero attached hydrogens (tertiary/aromatic N) is 3. The number of rotatable bonds is 5. The minimum absolute atomic E-state index is 0.163. The highest BCUT2D eigenvalue weighted by Crippen LogP contribution is 2.19. The van der Waals surface area contributed by atoms with Crippen molar-refractivity contribution in [2.45, 2.75) is 26.8 Å². The predicted molar refractivity (Wildman–Crippen MR) is 99.9 cm³/mol. The van der Waals surface area contributed by atoms with Crippen LogP contribution in [0.4, 0.5) is 4.39 Å². The number of aromatic nitrogens is 2. The lowest BCUT2D eigenvalue weighted by Crippen LogP contribution is -2.27. The number of carbonyl (C=O) groups excluding carboxylic acids is 1. The summed E-state index contributed by atoms with van der Waals surface area (Å²) in [6.45, 7) is 4.24. The van der Waals surface area contributed by atoms with E-state index in [1.54, 1.807) is 36.1 Å². The van der Waals surface area contributed by atoms with Gasteiger partial charge in [0.15, 0.2) is 0 Å². The Balaban J connectivity index is 1.88. The van der Waals surface area contributed by atoms with Crippen molar-refractivity contribution in [3.8, 4) is 5.69 Å². The molecule has 2 aromatic carbocycles. The smallest absolute Gasteiger partial charge is 0.257 e. The van der Waals surface area contributed by atoms with Gasteiger partial charge in [-0.2, -0.15) is 5.10 Å². The molecule has 0 N–H and O–H groups in total.